The van der Waals surface area contributed by atoms with Gasteiger partial charge in [-0.15, -0.1) is 11.3 Å². The summed E-state index contributed by atoms with van der Waals surface area (Å²) in [6, 6.07) is 14.4. The van der Waals surface area contributed by atoms with E-state index in [9.17, 15) is 9.59 Å². The maximum Gasteiger partial charge on any atom is 0.318 e. The Morgan fingerprint density at radius 1 is 1.00 bits per heavy atom. The molecule has 1 aliphatic carbocycles. The molecule has 2 fully saturated rings. The molecule has 0 unspecified atom stereocenters. The van der Waals surface area contributed by atoms with Crippen molar-refractivity contribution < 1.29 is 14.3 Å². The summed E-state index contributed by atoms with van der Waals surface area (Å²) in [4.78, 5) is 35.4. The summed E-state index contributed by atoms with van der Waals surface area (Å²) < 4.78 is 5.47. The van der Waals surface area contributed by atoms with Crippen LogP contribution in [0.15, 0.2) is 42.5 Å². The van der Waals surface area contributed by atoms with Gasteiger partial charge in [0.15, 0.2) is 0 Å². The third kappa shape index (κ3) is 8.32. The van der Waals surface area contributed by atoms with Crippen LogP contribution >= 0.6 is 11.3 Å². The molecule has 4 rings (SSSR count). The van der Waals surface area contributed by atoms with Gasteiger partial charge in [0.05, 0.1) is 19.8 Å². The first kappa shape index (κ1) is 26.6. The predicted octanol–water partition coefficient (Wildman–Crippen LogP) is 4.26. The molecule has 1 saturated carbocycles. The molecule has 0 radical (unpaired) electrons. The van der Waals surface area contributed by atoms with Crippen LogP contribution in [0.2, 0.25) is 0 Å². The second-order valence-corrected chi connectivity index (χ2v) is 11.3. The van der Waals surface area contributed by atoms with Crippen molar-refractivity contribution in [3.63, 3.8) is 0 Å². The van der Waals surface area contributed by atoms with Gasteiger partial charge in [0.2, 0.25) is 5.91 Å². The van der Waals surface area contributed by atoms with Crippen molar-refractivity contribution in [2.75, 3.05) is 45.9 Å². The van der Waals surface area contributed by atoms with Crippen molar-refractivity contribution in [1.82, 2.24) is 20.0 Å². The molecule has 7 nitrogen and oxygen atoms in total. The number of nitrogens with zero attached hydrogens (tertiary/aromatic N) is 3. The number of amides is 3. The smallest absolute Gasteiger partial charge is 0.318 e. The maximum absolute atomic E-state index is 13.7. The lowest BCUT2D eigenvalue weighted by Crippen LogP contribution is -2.52. The Labute approximate surface area is 219 Å². The zero-order chi connectivity index (χ0) is 25.2. The van der Waals surface area contributed by atoms with Crippen LogP contribution in [-0.4, -0.2) is 78.6 Å². The number of ether oxygens (including phenoxy) is 1. The van der Waals surface area contributed by atoms with Crippen LogP contribution in [0.25, 0.3) is 0 Å². The highest BCUT2D eigenvalue weighted by molar-refractivity contribution is 7.11. The Morgan fingerprint density at radius 2 is 1.75 bits per heavy atom. The molecule has 0 atom stereocenters. The minimum absolute atomic E-state index is 0.0225. The van der Waals surface area contributed by atoms with E-state index in [1.807, 2.05) is 35.2 Å². The zero-order valence-electron chi connectivity index (χ0n) is 21.5. The van der Waals surface area contributed by atoms with Crippen LogP contribution in [0.3, 0.4) is 0 Å². The molecule has 0 spiro atoms. The quantitative estimate of drug-likeness (QED) is 0.517. The van der Waals surface area contributed by atoms with Crippen LogP contribution in [-0.2, 0) is 22.6 Å². The topological polar surface area (TPSA) is 65.1 Å². The Hall–Kier alpha value is -2.42. The Kier molecular flexibility index (Phi) is 10.2. The number of hydrogen-bond donors (Lipinski definition) is 1. The summed E-state index contributed by atoms with van der Waals surface area (Å²) in [6.07, 6.45) is 5.59. The van der Waals surface area contributed by atoms with E-state index < -0.39 is 0 Å². The van der Waals surface area contributed by atoms with E-state index in [0.29, 0.717) is 19.6 Å². The van der Waals surface area contributed by atoms with Crippen LogP contribution in [0.1, 0.15) is 47.4 Å². The SMILES string of the molecule is Cc1ccc(CN(Cc2ccccc2)C(=O)CN(CCN2CCOCC2)C(=O)NC2CCCCC2)s1. The Bertz CT molecular complexity index is 955. The van der Waals surface area contributed by atoms with Gasteiger partial charge in [0.25, 0.3) is 0 Å². The van der Waals surface area contributed by atoms with E-state index in [1.54, 1.807) is 16.2 Å². The van der Waals surface area contributed by atoms with Gasteiger partial charge in [0.1, 0.15) is 6.54 Å². The van der Waals surface area contributed by atoms with Crippen LogP contribution in [0.4, 0.5) is 4.79 Å². The minimum atomic E-state index is -0.116. The fraction of sp³-hybridized carbons (Fsp3) is 0.571. The van der Waals surface area contributed by atoms with E-state index in [2.05, 4.69) is 29.3 Å². The summed E-state index contributed by atoms with van der Waals surface area (Å²) in [5.74, 6) is -0.0225. The standard InChI is InChI=1S/C28H40N4O3S/c1-23-12-13-26(36-23)21-32(20-24-8-4-2-5-9-24)27(33)22-31(15-14-30-16-18-35-19-17-30)28(34)29-25-10-6-3-7-11-25/h2,4-5,8-9,12-13,25H,3,6-7,10-11,14-22H2,1H3,(H,29,34). The van der Waals surface area contributed by atoms with Crippen LogP contribution < -0.4 is 5.32 Å². The van der Waals surface area contributed by atoms with Gasteiger partial charge < -0.3 is 19.9 Å². The van der Waals surface area contributed by atoms with Gasteiger partial charge in [-0.1, -0.05) is 49.6 Å². The van der Waals surface area contributed by atoms with Crippen LogP contribution in [0, 0.1) is 6.92 Å². The van der Waals surface area contributed by atoms with Gasteiger partial charge in [-0.2, -0.15) is 0 Å². The number of rotatable bonds is 10. The van der Waals surface area contributed by atoms with Crippen LogP contribution in [0.5, 0.6) is 0 Å². The molecule has 1 aromatic carbocycles. The average Bonchev–Trinajstić information content (AvgIpc) is 3.32. The average molecular weight is 513 g/mol. The number of nitrogens with one attached hydrogen (secondary N) is 1. The molecule has 8 heteroatoms. The fourth-order valence-electron chi connectivity index (χ4n) is 4.91. The van der Waals surface area contributed by atoms with E-state index in [0.717, 1.165) is 69.0 Å². The maximum atomic E-state index is 13.7. The van der Waals surface area contributed by atoms with Gasteiger partial charge in [-0.25, -0.2) is 4.79 Å². The van der Waals surface area contributed by atoms with Crippen molar-refractivity contribution in [1.29, 1.82) is 0 Å². The first-order chi connectivity index (χ1) is 17.6. The highest BCUT2D eigenvalue weighted by atomic mass is 32.1. The number of carbonyl (C=O) groups is 2. The fourth-order valence-corrected chi connectivity index (χ4v) is 5.82. The van der Waals surface area contributed by atoms with Crippen molar-refractivity contribution in [3.8, 4) is 0 Å². The number of carbonyl (C=O) groups excluding carboxylic acids is 2. The molecule has 3 amide bonds. The number of morpholine rings is 1. The molecule has 2 heterocycles. The van der Waals surface area contributed by atoms with E-state index in [1.165, 1.54) is 11.3 Å². The lowest BCUT2D eigenvalue weighted by molar-refractivity contribution is -0.133. The molecule has 36 heavy (non-hydrogen) atoms. The molecular formula is C28H40N4O3S. The van der Waals surface area contributed by atoms with E-state index in [4.69, 9.17) is 4.74 Å². The molecule has 1 aromatic heterocycles. The van der Waals surface area contributed by atoms with Gasteiger partial charge in [-0.3, -0.25) is 9.69 Å². The molecular weight excluding hydrogens is 472 g/mol. The van der Waals surface area contributed by atoms with Crippen molar-refractivity contribution in [2.24, 2.45) is 0 Å². The summed E-state index contributed by atoms with van der Waals surface area (Å²) in [7, 11) is 0. The highest BCUT2D eigenvalue weighted by Crippen LogP contribution is 2.20. The molecule has 196 valence electrons. The van der Waals surface area contributed by atoms with Crippen molar-refractivity contribution in [3.05, 3.63) is 57.8 Å². The zero-order valence-corrected chi connectivity index (χ0v) is 22.3. The predicted molar refractivity (Wildman–Crippen MR) is 144 cm³/mol. The number of thiophene rings is 1. The number of hydrogen-bond acceptors (Lipinski definition) is 5. The van der Waals surface area contributed by atoms with Crippen molar-refractivity contribution >= 4 is 23.3 Å². The van der Waals surface area contributed by atoms with Crippen molar-refractivity contribution in [2.45, 2.75) is 58.2 Å². The summed E-state index contributed by atoms with van der Waals surface area (Å²) in [5, 5.41) is 3.23. The lowest BCUT2D eigenvalue weighted by atomic mass is 9.96. The number of urea groups is 1. The minimum Gasteiger partial charge on any atom is -0.379 e. The Morgan fingerprint density at radius 3 is 2.44 bits per heavy atom. The molecule has 2 aromatic rings. The van der Waals surface area contributed by atoms with Gasteiger partial charge in [-0.05, 0) is 37.5 Å². The number of benzene rings is 1. The molecule has 2 aliphatic rings. The van der Waals surface area contributed by atoms with Gasteiger partial charge in [0, 0.05) is 48.5 Å². The van der Waals surface area contributed by atoms with E-state index >= 15 is 0 Å². The molecule has 1 aliphatic heterocycles. The first-order valence-electron chi connectivity index (χ1n) is 13.3. The largest absolute Gasteiger partial charge is 0.379 e. The second-order valence-electron chi connectivity index (χ2n) is 9.91. The van der Waals surface area contributed by atoms with E-state index in [-0.39, 0.29) is 24.5 Å². The summed E-state index contributed by atoms with van der Waals surface area (Å²) in [5.41, 5.74) is 1.09. The highest BCUT2D eigenvalue weighted by Gasteiger charge is 2.25. The normalized spacial score (nSPS) is 17.0. The molecule has 0 bridgehead atoms. The molecule has 1 N–H and O–H groups in total. The Balaban J connectivity index is 1.45. The number of aryl methyl sites for hydroxylation is 1. The third-order valence-corrected chi connectivity index (χ3v) is 8.03. The third-order valence-electron chi connectivity index (χ3n) is 7.05. The lowest BCUT2D eigenvalue weighted by Gasteiger charge is -2.33. The first-order valence-corrected chi connectivity index (χ1v) is 14.1. The summed E-state index contributed by atoms with van der Waals surface area (Å²) in [6.45, 7) is 7.69. The summed E-state index contributed by atoms with van der Waals surface area (Å²) >= 11 is 1.72. The van der Waals surface area contributed by atoms with Gasteiger partial charge >= 0.3 is 6.03 Å². The second kappa shape index (κ2) is 13.8. The monoisotopic (exact) mass is 512 g/mol. The molecule has 1 saturated heterocycles.